The van der Waals surface area contributed by atoms with E-state index in [1.54, 1.807) is 0 Å². The van der Waals surface area contributed by atoms with Crippen LogP contribution in [0.5, 0.6) is 0 Å². The molecule has 0 amide bonds. The third-order valence-corrected chi connectivity index (χ3v) is 0. The van der Waals surface area contributed by atoms with Crippen LogP contribution in [0.15, 0.2) is 0 Å². The Balaban J connectivity index is -0.000000107. The molecule has 0 radical (unpaired) electrons. The van der Waals surface area contributed by atoms with E-state index in [0.29, 0.717) is 0 Å². The molecule has 0 heterocycles. The second-order valence-corrected chi connectivity index (χ2v) is 2.58. The van der Waals surface area contributed by atoms with E-state index in [1.165, 1.54) is 0 Å². The molecule has 0 saturated carbocycles. The average molecular weight is 434 g/mol. The van der Waals surface area contributed by atoms with Crippen LogP contribution in [0.25, 0.3) is 0 Å². The first-order valence-electron chi connectivity index (χ1n) is 1.43. The van der Waals surface area contributed by atoms with Crippen molar-refractivity contribution in [3.63, 3.8) is 0 Å². The average Bonchev–Trinajstić information content (AvgIpc) is 1.12. The van der Waals surface area contributed by atoms with E-state index in [4.69, 9.17) is 28.7 Å². The number of rotatable bonds is 0. The van der Waals surface area contributed by atoms with Crippen molar-refractivity contribution in [1.29, 1.82) is 0 Å². The molecular formula is F2O6P2U. The fourth-order valence-electron chi connectivity index (χ4n) is 0. The second-order valence-electron chi connectivity index (χ2n) is 0.861. The van der Waals surface area contributed by atoms with Gasteiger partial charge in [-0.25, -0.2) is 8.39 Å². The Morgan fingerprint density at radius 2 is 0.818 bits per heavy atom. The van der Waals surface area contributed by atoms with Crippen molar-refractivity contribution >= 4 is 15.8 Å². The number of halogens is 2. The molecular weight excluding hydrogens is 434 g/mol. The van der Waals surface area contributed by atoms with Gasteiger partial charge in [-0.05, 0) is 0 Å². The number of hydrogen-bond acceptors (Lipinski definition) is 6. The maximum absolute atomic E-state index is 10.1. The van der Waals surface area contributed by atoms with E-state index in [0.717, 1.165) is 0 Å². The van der Waals surface area contributed by atoms with Crippen LogP contribution in [-0.2, 0) is 9.13 Å². The zero-order valence-electron chi connectivity index (χ0n) is 4.60. The zero-order chi connectivity index (χ0) is 9.00. The molecule has 0 fully saturated rings. The molecule has 0 aliphatic heterocycles. The molecule has 0 unspecified atom stereocenters. The molecule has 0 spiro atoms. The third-order valence-electron chi connectivity index (χ3n) is 0. The first-order valence-corrected chi connectivity index (χ1v) is 4.30. The van der Waals surface area contributed by atoms with Crippen LogP contribution < -0.4 is 19.6 Å². The molecule has 0 saturated heterocycles. The molecule has 0 atom stereocenters. The van der Waals surface area contributed by atoms with Crippen LogP contribution in [0.1, 0.15) is 0 Å². The van der Waals surface area contributed by atoms with Crippen LogP contribution in [-0.4, -0.2) is 0 Å². The van der Waals surface area contributed by atoms with Crippen LogP contribution in [0, 0.1) is 31.1 Å². The van der Waals surface area contributed by atoms with Gasteiger partial charge >= 0.3 is 31.1 Å². The molecule has 0 aliphatic rings. The van der Waals surface area contributed by atoms with E-state index in [9.17, 15) is 8.39 Å². The van der Waals surface area contributed by atoms with E-state index >= 15 is 0 Å². The van der Waals surface area contributed by atoms with Crippen LogP contribution >= 0.6 is 15.8 Å². The van der Waals surface area contributed by atoms with Crippen molar-refractivity contribution in [2.45, 2.75) is 0 Å². The minimum atomic E-state index is -5.64. The molecule has 11 heavy (non-hydrogen) atoms. The van der Waals surface area contributed by atoms with Crippen molar-refractivity contribution in [2.24, 2.45) is 0 Å². The summed E-state index contributed by atoms with van der Waals surface area (Å²) in [6.07, 6.45) is 0. The monoisotopic (exact) mass is 434 g/mol. The van der Waals surface area contributed by atoms with Crippen molar-refractivity contribution in [3.8, 4) is 0 Å². The molecule has 11 heteroatoms. The van der Waals surface area contributed by atoms with E-state index in [-0.39, 0.29) is 31.1 Å². The van der Waals surface area contributed by atoms with Gasteiger partial charge in [0.2, 0.25) is 0 Å². The summed E-state index contributed by atoms with van der Waals surface area (Å²) in [5.74, 6) is 0. The molecule has 0 bridgehead atoms. The summed E-state index contributed by atoms with van der Waals surface area (Å²) >= 11 is 0. The van der Waals surface area contributed by atoms with Gasteiger partial charge in [0, 0.05) is 0 Å². The largest absolute Gasteiger partial charge is 4.00 e. The van der Waals surface area contributed by atoms with Crippen LogP contribution in [0.2, 0.25) is 0 Å². The minimum absolute atomic E-state index is 0. The molecule has 0 rings (SSSR count). The quantitative estimate of drug-likeness (QED) is 0.391. The molecule has 0 N–H and O–H groups in total. The first kappa shape index (κ1) is 18.1. The van der Waals surface area contributed by atoms with Crippen molar-refractivity contribution in [2.75, 3.05) is 0 Å². The van der Waals surface area contributed by atoms with E-state index in [1.807, 2.05) is 0 Å². The second kappa shape index (κ2) is 6.70. The summed E-state index contributed by atoms with van der Waals surface area (Å²) < 4.78 is 37.1. The molecule has 0 aromatic heterocycles. The van der Waals surface area contributed by atoms with Crippen molar-refractivity contribution in [3.05, 3.63) is 0 Å². The summed E-state index contributed by atoms with van der Waals surface area (Å²) in [5, 5.41) is 0. The fourth-order valence-corrected chi connectivity index (χ4v) is 0. The van der Waals surface area contributed by atoms with Crippen LogP contribution in [0.4, 0.5) is 8.39 Å². The SMILES string of the molecule is O=P([O-])([O-])F.O=P([O-])([O-])F.[U+4]. The maximum Gasteiger partial charge on any atom is 4.00 e. The summed E-state index contributed by atoms with van der Waals surface area (Å²) in [6.45, 7) is 0. The first-order chi connectivity index (χ1) is 4.00. The summed E-state index contributed by atoms with van der Waals surface area (Å²) in [7, 11) is -11.3. The van der Waals surface area contributed by atoms with Crippen LogP contribution in [0.3, 0.4) is 0 Å². The van der Waals surface area contributed by atoms with E-state index in [2.05, 4.69) is 0 Å². The molecule has 64 valence electrons. The summed E-state index contributed by atoms with van der Waals surface area (Å²) in [6, 6.07) is 0. The van der Waals surface area contributed by atoms with Gasteiger partial charge in [-0.3, -0.25) is 0 Å². The van der Waals surface area contributed by atoms with Gasteiger partial charge in [-0.15, -0.1) is 0 Å². The van der Waals surface area contributed by atoms with Gasteiger partial charge in [-0.2, -0.15) is 0 Å². The molecule has 6 nitrogen and oxygen atoms in total. The summed E-state index contributed by atoms with van der Waals surface area (Å²) in [5.41, 5.74) is 0. The van der Waals surface area contributed by atoms with Gasteiger partial charge in [0.1, 0.15) is 15.8 Å². The normalized spacial score (nSPS) is 10.7. The smallest absolute Gasteiger partial charge is 0.786 e. The maximum atomic E-state index is 10.1. The van der Waals surface area contributed by atoms with Gasteiger partial charge in [0.05, 0.1) is 0 Å². The Hall–Kier alpha value is 1.21. The predicted octanol–water partition coefficient (Wildman–Crippen LogP) is -2.43. The Labute approximate surface area is 83.9 Å². The Kier molecular flexibility index (Phi) is 11.0. The minimum Gasteiger partial charge on any atom is -0.786 e. The van der Waals surface area contributed by atoms with Gasteiger partial charge in [0.25, 0.3) is 0 Å². The standard InChI is InChI=1S/2FH2O3P.U/c2*1-5(2,3)4;/h2*(H2,2,3,4);/q;;+4/p-4. The summed E-state index contributed by atoms with van der Waals surface area (Å²) in [4.78, 5) is 33.8. The molecule has 0 aliphatic carbocycles. The van der Waals surface area contributed by atoms with Gasteiger partial charge < -0.3 is 28.7 Å². The zero-order valence-corrected chi connectivity index (χ0v) is 10.6. The van der Waals surface area contributed by atoms with E-state index < -0.39 is 15.8 Å². The Morgan fingerprint density at radius 3 is 0.818 bits per heavy atom. The van der Waals surface area contributed by atoms with Crippen molar-refractivity contribution < 1.29 is 68.2 Å². The topological polar surface area (TPSA) is 126 Å². The van der Waals surface area contributed by atoms with Gasteiger partial charge in [0.15, 0.2) is 0 Å². The predicted molar refractivity (Wildman–Crippen MR) is 17.4 cm³/mol. The van der Waals surface area contributed by atoms with Crippen molar-refractivity contribution in [1.82, 2.24) is 0 Å². The third kappa shape index (κ3) is 648. The number of hydrogen-bond donors (Lipinski definition) is 0. The fraction of sp³-hybridized carbons (Fsp3) is 0. The molecule has 0 aromatic rings. The van der Waals surface area contributed by atoms with Gasteiger partial charge in [-0.1, -0.05) is 0 Å². The Bertz CT molecular complexity index is 131. The Morgan fingerprint density at radius 1 is 0.818 bits per heavy atom. The molecule has 0 aromatic carbocycles.